The summed E-state index contributed by atoms with van der Waals surface area (Å²) in [5, 5.41) is 0.917. The maximum atomic E-state index is 7.47. The van der Waals surface area contributed by atoms with Crippen LogP contribution in [0.3, 0.4) is 0 Å². The molecular weight excluding hydrogens is 138 g/mol. The highest BCUT2D eigenvalue weighted by Gasteiger charge is 1.96. The Morgan fingerprint density at radius 1 is 1.27 bits per heavy atom. The number of hydrogen-bond donors (Lipinski definition) is 0. The van der Waals surface area contributed by atoms with Gasteiger partial charge in [-0.15, -0.1) is 0 Å². The van der Waals surface area contributed by atoms with E-state index in [4.69, 9.17) is 5.73 Å². The zero-order chi connectivity index (χ0) is 7.68. The van der Waals surface area contributed by atoms with Crippen molar-refractivity contribution in [3.63, 3.8) is 0 Å². The molecule has 0 amide bonds. The van der Waals surface area contributed by atoms with Crippen LogP contribution in [0.1, 0.15) is 0 Å². The Labute approximate surface area is 63.9 Å². The van der Waals surface area contributed by atoms with Gasteiger partial charge >= 0.3 is 0 Å². The highest BCUT2D eigenvalue weighted by atomic mass is 14.8. The molecule has 1 radical (unpaired) electrons. The van der Waals surface area contributed by atoms with Gasteiger partial charge in [-0.1, -0.05) is 12.1 Å². The van der Waals surface area contributed by atoms with Crippen LogP contribution in [0.5, 0.6) is 0 Å². The summed E-state index contributed by atoms with van der Waals surface area (Å²) < 4.78 is 0. The number of hydrogen-bond acceptors (Lipinski definition) is 2. The molecule has 3 heteroatoms. The fraction of sp³-hybridized carbons (Fsp3) is 0. The minimum absolute atomic E-state index is 0.449. The quantitative estimate of drug-likeness (QED) is 0.563. The Hall–Kier alpha value is -1.64. The Balaban J connectivity index is 2.91. The predicted octanol–water partition coefficient (Wildman–Crippen LogP) is 1.54. The molecule has 0 aliphatic heterocycles. The lowest BCUT2D eigenvalue weighted by molar-refractivity contribution is 1.22. The molecule has 53 valence electrons. The molecule has 1 aromatic heterocycles. The molecule has 0 unspecified atom stereocenters. The second kappa shape index (κ2) is 2.20. The summed E-state index contributed by atoms with van der Waals surface area (Å²) in [7, 11) is 0. The van der Waals surface area contributed by atoms with Crippen molar-refractivity contribution in [2.75, 3.05) is 0 Å². The van der Waals surface area contributed by atoms with Crippen LogP contribution in [-0.4, -0.2) is 9.97 Å². The molecule has 0 saturated carbocycles. The lowest BCUT2D eigenvalue weighted by atomic mass is 10.2. The van der Waals surface area contributed by atoms with Crippen LogP contribution >= 0.6 is 0 Å². The van der Waals surface area contributed by atoms with Crippen molar-refractivity contribution in [3.8, 4) is 0 Å². The van der Waals surface area contributed by atoms with Gasteiger partial charge in [0.1, 0.15) is 6.33 Å². The monoisotopic (exact) mass is 144 g/mol. The molecule has 1 aromatic carbocycles. The van der Waals surface area contributed by atoms with E-state index in [0.717, 1.165) is 5.39 Å². The molecular formula is C8H6N3. The number of aromatic nitrogens is 2. The number of nitrogens with zero attached hydrogens (tertiary/aromatic N) is 2. The Kier molecular flexibility index (Phi) is 1.22. The first kappa shape index (κ1) is 6.09. The number of fused-ring (bicyclic) bond motifs is 1. The first-order valence-electron chi connectivity index (χ1n) is 3.28. The normalized spacial score (nSPS) is 10.2. The third-order valence-electron chi connectivity index (χ3n) is 1.53. The van der Waals surface area contributed by atoms with E-state index in [9.17, 15) is 0 Å². The standard InChI is InChI=1S/C8H6N3/c9-7-3-1-2-6-4-10-5-11-8(6)7/h1-5,9H. The third-order valence-corrected chi connectivity index (χ3v) is 1.53. The molecule has 0 aliphatic carbocycles. The fourth-order valence-electron chi connectivity index (χ4n) is 1.01. The van der Waals surface area contributed by atoms with Crippen molar-refractivity contribution >= 4 is 16.6 Å². The van der Waals surface area contributed by atoms with Crippen LogP contribution in [-0.2, 0) is 0 Å². The number of nitrogens with one attached hydrogen (secondary N) is 1. The molecule has 0 bridgehead atoms. The van der Waals surface area contributed by atoms with Crippen molar-refractivity contribution in [2.24, 2.45) is 0 Å². The van der Waals surface area contributed by atoms with E-state index in [-0.39, 0.29) is 0 Å². The maximum absolute atomic E-state index is 7.47. The molecule has 0 atom stereocenters. The SMILES string of the molecule is [NH]c1cccc2cncnc12. The van der Waals surface area contributed by atoms with Crippen molar-refractivity contribution in [1.29, 1.82) is 0 Å². The van der Waals surface area contributed by atoms with E-state index in [2.05, 4.69) is 9.97 Å². The Morgan fingerprint density at radius 2 is 2.18 bits per heavy atom. The summed E-state index contributed by atoms with van der Waals surface area (Å²) in [6.45, 7) is 0. The molecule has 1 heterocycles. The van der Waals surface area contributed by atoms with Crippen LogP contribution in [0.15, 0.2) is 30.7 Å². The van der Waals surface area contributed by atoms with E-state index in [1.54, 1.807) is 12.3 Å². The largest absolute Gasteiger partial charge is 0.299 e. The van der Waals surface area contributed by atoms with Crippen LogP contribution < -0.4 is 5.73 Å². The molecule has 0 saturated heterocycles. The van der Waals surface area contributed by atoms with Gasteiger partial charge < -0.3 is 0 Å². The molecule has 0 spiro atoms. The predicted molar refractivity (Wildman–Crippen MR) is 42.3 cm³/mol. The molecule has 0 fully saturated rings. The summed E-state index contributed by atoms with van der Waals surface area (Å²) in [6, 6.07) is 5.44. The fourth-order valence-corrected chi connectivity index (χ4v) is 1.01. The zero-order valence-corrected chi connectivity index (χ0v) is 5.78. The minimum atomic E-state index is 0.449. The van der Waals surface area contributed by atoms with Gasteiger partial charge in [-0.3, -0.25) is 5.73 Å². The second-order valence-corrected chi connectivity index (χ2v) is 2.27. The summed E-state index contributed by atoms with van der Waals surface area (Å²) >= 11 is 0. The van der Waals surface area contributed by atoms with Crippen molar-refractivity contribution < 1.29 is 0 Å². The number of rotatable bonds is 0. The van der Waals surface area contributed by atoms with Gasteiger partial charge in [-0.2, -0.15) is 0 Å². The van der Waals surface area contributed by atoms with Gasteiger partial charge in [-0.05, 0) is 6.07 Å². The van der Waals surface area contributed by atoms with Gasteiger partial charge in [0, 0.05) is 11.6 Å². The van der Waals surface area contributed by atoms with Gasteiger partial charge in [0.25, 0.3) is 0 Å². The lowest BCUT2D eigenvalue weighted by Crippen LogP contribution is -1.81. The maximum Gasteiger partial charge on any atom is 0.116 e. The molecule has 2 aromatic rings. The first-order valence-corrected chi connectivity index (χ1v) is 3.28. The van der Waals surface area contributed by atoms with Crippen molar-refractivity contribution in [1.82, 2.24) is 15.7 Å². The minimum Gasteiger partial charge on any atom is -0.299 e. The average Bonchev–Trinajstić information content (AvgIpc) is 2.06. The van der Waals surface area contributed by atoms with E-state index in [1.807, 2.05) is 12.1 Å². The zero-order valence-electron chi connectivity index (χ0n) is 5.78. The molecule has 3 nitrogen and oxygen atoms in total. The van der Waals surface area contributed by atoms with Crippen LogP contribution in [0.25, 0.3) is 10.9 Å². The summed E-state index contributed by atoms with van der Waals surface area (Å²) in [4.78, 5) is 7.84. The third kappa shape index (κ3) is 0.902. The first-order chi connectivity index (χ1) is 5.38. The van der Waals surface area contributed by atoms with Gasteiger partial charge in [0.2, 0.25) is 0 Å². The molecule has 0 aliphatic rings. The molecule has 2 rings (SSSR count). The van der Waals surface area contributed by atoms with E-state index in [1.165, 1.54) is 6.33 Å². The van der Waals surface area contributed by atoms with Crippen LogP contribution in [0.2, 0.25) is 0 Å². The highest BCUT2D eigenvalue weighted by Crippen LogP contribution is 2.16. The Bertz CT molecular complexity index is 378. The van der Waals surface area contributed by atoms with E-state index < -0.39 is 0 Å². The van der Waals surface area contributed by atoms with Gasteiger partial charge in [0.15, 0.2) is 0 Å². The van der Waals surface area contributed by atoms with E-state index in [0.29, 0.717) is 11.2 Å². The number of benzene rings is 1. The van der Waals surface area contributed by atoms with Crippen LogP contribution in [0, 0.1) is 0 Å². The summed E-state index contributed by atoms with van der Waals surface area (Å²) in [6.07, 6.45) is 3.17. The summed E-state index contributed by atoms with van der Waals surface area (Å²) in [5.74, 6) is 0. The van der Waals surface area contributed by atoms with Crippen molar-refractivity contribution in [3.05, 3.63) is 30.7 Å². The van der Waals surface area contributed by atoms with E-state index >= 15 is 0 Å². The van der Waals surface area contributed by atoms with Crippen molar-refractivity contribution in [2.45, 2.75) is 0 Å². The highest BCUT2D eigenvalue weighted by molar-refractivity contribution is 5.87. The Morgan fingerprint density at radius 3 is 3.00 bits per heavy atom. The molecule has 11 heavy (non-hydrogen) atoms. The topological polar surface area (TPSA) is 49.6 Å². The smallest absolute Gasteiger partial charge is 0.116 e. The second-order valence-electron chi connectivity index (χ2n) is 2.27. The number of para-hydroxylation sites is 1. The van der Waals surface area contributed by atoms with Gasteiger partial charge in [-0.25, -0.2) is 9.97 Å². The van der Waals surface area contributed by atoms with Crippen LogP contribution in [0.4, 0.5) is 5.69 Å². The van der Waals surface area contributed by atoms with Gasteiger partial charge in [0.05, 0.1) is 11.2 Å². The summed E-state index contributed by atoms with van der Waals surface area (Å²) in [5.41, 5.74) is 8.63. The average molecular weight is 144 g/mol. The molecule has 1 N–H and O–H groups in total. The lowest BCUT2D eigenvalue weighted by Gasteiger charge is -1.96.